The molecular formula is C11H11BrClN3S. The van der Waals surface area contributed by atoms with Gasteiger partial charge in [0, 0.05) is 12.1 Å². The molecule has 2 rings (SSSR count). The van der Waals surface area contributed by atoms with Crippen molar-refractivity contribution in [3.63, 3.8) is 0 Å². The quantitative estimate of drug-likeness (QED) is 0.845. The zero-order chi connectivity index (χ0) is 12.4. The van der Waals surface area contributed by atoms with Crippen molar-refractivity contribution in [1.29, 1.82) is 0 Å². The summed E-state index contributed by atoms with van der Waals surface area (Å²) in [5, 5.41) is 9.68. The lowest BCUT2D eigenvalue weighted by Crippen LogP contribution is -2.21. The van der Waals surface area contributed by atoms with Gasteiger partial charge in [-0.05, 0) is 34.5 Å². The standard InChI is InChI=1S/C11H11BrClN3S/c1-7(8-5-3-4-6-9(8)13)16(2)11-15-14-10(12)17-11/h3-7H,1-2H3. The van der Waals surface area contributed by atoms with Gasteiger partial charge in [0.05, 0.1) is 6.04 Å². The van der Waals surface area contributed by atoms with E-state index in [0.717, 1.165) is 19.6 Å². The van der Waals surface area contributed by atoms with Crippen molar-refractivity contribution in [3.05, 3.63) is 38.8 Å². The number of hydrogen-bond acceptors (Lipinski definition) is 4. The summed E-state index contributed by atoms with van der Waals surface area (Å²) in [4.78, 5) is 2.06. The smallest absolute Gasteiger partial charge is 0.209 e. The fourth-order valence-corrected chi connectivity index (χ4v) is 2.95. The molecule has 3 nitrogen and oxygen atoms in total. The minimum absolute atomic E-state index is 0.156. The topological polar surface area (TPSA) is 29.0 Å². The molecule has 0 saturated carbocycles. The van der Waals surface area contributed by atoms with Gasteiger partial charge in [0.25, 0.3) is 0 Å². The van der Waals surface area contributed by atoms with Crippen LogP contribution in [0.15, 0.2) is 28.2 Å². The average Bonchev–Trinajstić information content (AvgIpc) is 2.75. The fraction of sp³-hybridized carbons (Fsp3) is 0.273. The van der Waals surface area contributed by atoms with Crippen LogP contribution in [0.3, 0.4) is 0 Å². The zero-order valence-corrected chi connectivity index (χ0v) is 12.6. The average molecular weight is 333 g/mol. The lowest BCUT2D eigenvalue weighted by Gasteiger charge is -2.24. The molecule has 0 radical (unpaired) electrons. The van der Waals surface area contributed by atoms with E-state index in [-0.39, 0.29) is 6.04 Å². The lowest BCUT2D eigenvalue weighted by molar-refractivity contribution is 0.731. The van der Waals surface area contributed by atoms with Gasteiger partial charge >= 0.3 is 0 Å². The Kier molecular flexibility index (Phi) is 4.01. The Labute approximate surface area is 118 Å². The largest absolute Gasteiger partial charge is 0.343 e. The van der Waals surface area contributed by atoms with Gasteiger partial charge in [-0.15, -0.1) is 10.2 Å². The van der Waals surface area contributed by atoms with Crippen LogP contribution in [0.25, 0.3) is 0 Å². The van der Waals surface area contributed by atoms with Crippen molar-refractivity contribution in [2.75, 3.05) is 11.9 Å². The molecule has 0 aliphatic rings. The van der Waals surface area contributed by atoms with Gasteiger partial charge in [-0.3, -0.25) is 0 Å². The summed E-state index contributed by atoms with van der Waals surface area (Å²) in [6, 6.07) is 8.00. The molecule has 90 valence electrons. The summed E-state index contributed by atoms with van der Waals surface area (Å²) in [6.45, 7) is 2.09. The third kappa shape index (κ3) is 2.78. The van der Waals surface area contributed by atoms with Gasteiger partial charge < -0.3 is 4.90 Å². The molecule has 1 atom stereocenters. The highest BCUT2D eigenvalue weighted by Crippen LogP contribution is 2.32. The first-order valence-corrected chi connectivity index (χ1v) is 7.04. The highest BCUT2D eigenvalue weighted by atomic mass is 79.9. The van der Waals surface area contributed by atoms with Crippen LogP contribution >= 0.6 is 38.9 Å². The SMILES string of the molecule is CC(c1ccccc1Cl)N(C)c1nnc(Br)s1. The van der Waals surface area contributed by atoms with Crippen LogP contribution in [-0.4, -0.2) is 17.2 Å². The van der Waals surface area contributed by atoms with E-state index in [1.54, 1.807) is 0 Å². The summed E-state index contributed by atoms with van der Waals surface area (Å²) >= 11 is 11.0. The monoisotopic (exact) mass is 331 g/mol. The summed E-state index contributed by atoms with van der Waals surface area (Å²) in [5.74, 6) is 0. The number of halogens is 2. The molecule has 1 aromatic carbocycles. The summed E-state index contributed by atoms with van der Waals surface area (Å²) in [6.07, 6.45) is 0. The van der Waals surface area contributed by atoms with Crippen molar-refractivity contribution < 1.29 is 0 Å². The van der Waals surface area contributed by atoms with Crippen LogP contribution in [0.4, 0.5) is 5.13 Å². The van der Waals surface area contributed by atoms with Crippen LogP contribution in [0, 0.1) is 0 Å². The molecule has 17 heavy (non-hydrogen) atoms. The molecule has 0 fully saturated rings. The summed E-state index contributed by atoms with van der Waals surface area (Å²) in [5.41, 5.74) is 1.09. The van der Waals surface area contributed by atoms with Crippen molar-refractivity contribution in [3.8, 4) is 0 Å². The van der Waals surface area contributed by atoms with Gasteiger partial charge in [-0.2, -0.15) is 0 Å². The minimum atomic E-state index is 0.156. The summed E-state index contributed by atoms with van der Waals surface area (Å²) < 4.78 is 0.783. The Balaban J connectivity index is 2.26. The maximum absolute atomic E-state index is 6.19. The molecule has 0 saturated heterocycles. The maximum Gasteiger partial charge on any atom is 0.209 e. The van der Waals surface area contributed by atoms with Gasteiger partial charge in [0.2, 0.25) is 5.13 Å². The van der Waals surface area contributed by atoms with Crippen molar-refractivity contribution in [2.45, 2.75) is 13.0 Å². The number of rotatable bonds is 3. The number of aromatic nitrogens is 2. The van der Waals surface area contributed by atoms with E-state index in [1.165, 1.54) is 11.3 Å². The zero-order valence-electron chi connectivity index (χ0n) is 9.39. The van der Waals surface area contributed by atoms with Crippen LogP contribution in [0.1, 0.15) is 18.5 Å². The highest BCUT2D eigenvalue weighted by Gasteiger charge is 2.17. The number of benzene rings is 1. The van der Waals surface area contributed by atoms with E-state index in [4.69, 9.17) is 11.6 Å². The Morgan fingerprint density at radius 1 is 1.35 bits per heavy atom. The van der Waals surface area contributed by atoms with Gasteiger partial charge in [0.15, 0.2) is 3.92 Å². The first-order chi connectivity index (χ1) is 8.09. The van der Waals surface area contributed by atoms with E-state index < -0.39 is 0 Å². The Morgan fingerprint density at radius 3 is 2.65 bits per heavy atom. The van der Waals surface area contributed by atoms with Gasteiger partial charge in [-0.25, -0.2) is 0 Å². The molecule has 1 unspecified atom stereocenters. The number of anilines is 1. The minimum Gasteiger partial charge on any atom is -0.343 e. The van der Waals surface area contributed by atoms with E-state index in [9.17, 15) is 0 Å². The van der Waals surface area contributed by atoms with Crippen molar-refractivity contribution >= 4 is 44.0 Å². The molecule has 6 heteroatoms. The molecule has 1 aromatic heterocycles. The molecule has 0 aliphatic heterocycles. The maximum atomic E-state index is 6.19. The van der Waals surface area contributed by atoms with Gasteiger partial charge in [0.1, 0.15) is 0 Å². The van der Waals surface area contributed by atoms with E-state index in [2.05, 4.69) is 38.0 Å². The molecule has 0 aliphatic carbocycles. The van der Waals surface area contributed by atoms with Crippen LogP contribution in [0.5, 0.6) is 0 Å². The van der Waals surface area contributed by atoms with Crippen LogP contribution < -0.4 is 4.90 Å². The molecule has 1 heterocycles. The molecule has 2 aromatic rings. The Hall–Kier alpha value is -0.650. The number of hydrogen-bond donors (Lipinski definition) is 0. The van der Waals surface area contributed by atoms with Crippen LogP contribution in [0.2, 0.25) is 5.02 Å². The van der Waals surface area contributed by atoms with E-state index >= 15 is 0 Å². The van der Waals surface area contributed by atoms with Crippen LogP contribution in [-0.2, 0) is 0 Å². The predicted octanol–water partition coefficient (Wildman–Crippen LogP) is 4.15. The normalized spacial score (nSPS) is 12.5. The third-order valence-electron chi connectivity index (χ3n) is 2.63. The lowest BCUT2D eigenvalue weighted by atomic mass is 10.1. The summed E-state index contributed by atoms with van der Waals surface area (Å²) in [7, 11) is 1.99. The van der Waals surface area contributed by atoms with Crippen molar-refractivity contribution in [1.82, 2.24) is 10.2 Å². The van der Waals surface area contributed by atoms with E-state index in [1.807, 2.05) is 31.3 Å². The number of nitrogens with zero attached hydrogens (tertiary/aromatic N) is 3. The first-order valence-electron chi connectivity index (χ1n) is 5.06. The molecule has 0 spiro atoms. The molecular weight excluding hydrogens is 322 g/mol. The van der Waals surface area contributed by atoms with Crippen molar-refractivity contribution in [2.24, 2.45) is 0 Å². The van der Waals surface area contributed by atoms with E-state index in [0.29, 0.717) is 0 Å². The highest BCUT2D eigenvalue weighted by molar-refractivity contribution is 9.11. The third-order valence-corrected chi connectivity index (χ3v) is 4.42. The molecule has 0 amide bonds. The second-order valence-corrected chi connectivity index (χ2v) is 6.29. The fourth-order valence-electron chi connectivity index (χ4n) is 1.53. The predicted molar refractivity (Wildman–Crippen MR) is 75.9 cm³/mol. The second-order valence-electron chi connectivity index (χ2n) is 3.65. The first kappa shape index (κ1) is 12.8. The molecule has 0 N–H and O–H groups in total. The Bertz CT molecular complexity index is 517. The van der Waals surface area contributed by atoms with Gasteiger partial charge in [-0.1, -0.05) is 41.1 Å². The molecule has 0 bridgehead atoms. The Morgan fingerprint density at radius 2 is 2.06 bits per heavy atom. The second kappa shape index (κ2) is 5.33.